The van der Waals surface area contributed by atoms with Crippen LogP contribution in [0.5, 0.6) is 0 Å². The molecule has 0 aliphatic carbocycles. The lowest BCUT2D eigenvalue weighted by atomic mass is 9.94. The lowest BCUT2D eigenvalue weighted by Gasteiger charge is -2.26. The molecule has 4 heteroatoms. The van der Waals surface area contributed by atoms with E-state index in [1.807, 2.05) is 36.1 Å². The zero-order chi connectivity index (χ0) is 14.4. The van der Waals surface area contributed by atoms with Gasteiger partial charge < -0.3 is 10.2 Å². The maximum absolute atomic E-state index is 12.4. The van der Waals surface area contributed by atoms with Gasteiger partial charge in [-0.15, -0.1) is 0 Å². The molecule has 1 N–H and O–H groups in total. The van der Waals surface area contributed by atoms with E-state index in [1.54, 1.807) is 0 Å². The molecular formula is C16H23ClN2O. The molecule has 1 aromatic rings. The Balaban J connectivity index is 1.93. The van der Waals surface area contributed by atoms with Crippen molar-refractivity contribution in [3.8, 4) is 0 Å². The fraction of sp³-hybridized carbons (Fsp3) is 0.562. The van der Waals surface area contributed by atoms with Crippen molar-refractivity contribution < 1.29 is 4.79 Å². The normalized spacial score (nSPS) is 16.1. The van der Waals surface area contributed by atoms with E-state index in [9.17, 15) is 4.79 Å². The number of carbonyl (C=O) groups is 1. The number of carbonyl (C=O) groups excluding carboxylic acids is 1. The topological polar surface area (TPSA) is 32.3 Å². The molecular weight excluding hydrogens is 272 g/mol. The zero-order valence-corrected chi connectivity index (χ0v) is 12.8. The number of amides is 1. The molecule has 1 heterocycles. The summed E-state index contributed by atoms with van der Waals surface area (Å²) < 4.78 is 0. The Morgan fingerprint density at radius 3 is 2.70 bits per heavy atom. The van der Waals surface area contributed by atoms with E-state index >= 15 is 0 Å². The SMILES string of the molecule is CCN(Cc1ccccc1Cl)C(=O)CC1CCNCC1. The van der Waals surface area contributed by atoms with Crippen LogP contribution in [0.3, 0.4) is 0 Å². The summed E-state index contributed by atoms with van der Waals surface area (Å²) >= 11 is 6.18. The predicted molar refractivity (Wildman–Crippen MR) is 82.8 cm³/mol. The highest BCUT2D eigenvalue weighted by Gasteiger charge is 2.20. The maximum atomic E-state index is 12.4. The molecule has 1 aliphatic heterocycles. The molecule has 1 fully saturated rings. The largest absolute Gasteiger partial charge is 0.339 e. The van der Waals surface area contributed by atoms with Crippen LogP contribution in [0.1, 0.15) is 31.7 Å². The molecule has 1 saturated heterocycles. The van der Waals surface area contributed by atoms with Crippen LogP contribution < -0.4 is 5.32 Å². The lowest BCUT2D eigenvalue weighted by molar-refractivity contribution is -0.132. The average Bonchev–Trinajstić information content (AvgIpc) is 2.47. The summed E-state index contributed by atoms with van der Waals surface area (Å²) in [5, 5.41) is 4.07. The van der Waals surface area contributed by atoms with E-state index in [0.717, 1.165) is 43.1 Å². The smallest absolute Gasteiger partial charge is 0.223 e. The molecule has 2 rings (SSSR count). The van der Waals surface area contributed by atoms with Crippen LogP contribution in [0, 0.1) is 5.92 Å². The van der Waals surface area contributed by atoms with E-state index in [2.05, 4.69) is 5.32 Å². The summed E-state index contributed by atoms with van der Waals surface area (Å²) in [6.07, 6.45) is 2.88. The first-order valence-electron chi connectivity index (χ1n) is 7.42. The number of benzene rings is 1. The van der Waals surface area contributed by atoms with Crippen molar-refractivity contribution in [3.05, 3.63) is 34.9 Å². The zero-order valence-electron chi connectivity index (χ0n) is 12.1. The summed E-state index contributed by atoms with van der Waals surface area (Å²) in [6, 6.07) is 7.75. The van der Waals surface area contributed by atoms with E-state index in [1.165, 1.54) is 0 Å². The van der Waals surface area contributed by atoms with E-state index in [0.29, 0.717) is 18.9 Å². The third-order valence-corrected chi connectivity index (χ3v) is 4.34. The van der Waals surface area contributed by atoms with E-state index in [4.69, 9.17) is 11.6 Å². The summed E-state index contributed by atoms with van der Waals surface area (Å²) in [5.41, 5.74) is 1.02. The summed E-state index contributed by atoms with van der Waals surface area (Å²) in [6.45, 7) is 5.44. The van der Waals surface area contributed by atoms with Gasteiger partial charge in [-0.3, -0.25) is 4.79 Å². The van der Waals surface area contributed by atoms with Gasteiger partial charge in [-0.05, 0) is 50.4 Å². The summed E-state index contributed by atoms with van der Waals surface area (Å²) in [5.74, 6) is 0.781. The van der Waals surface area contributed by atoms with Gasteiger partial charge in [0.1, 0.15) is 0 Å². The number of hydrogen-bond donors (Lipinski definition) is 1. The predicted octanol–water partition coefficient (Wildman–Crippen LogP) is 3.08. The van der Waals surface area contributed by atoms with Gasteiger partial charge in [0.15, 0.2) is 0 Å². The molecule has 110 valence electrons. The molecule has 0 unspecified atom stereocenters. The Bertz CT molecular complexity index is 444. The standard InChI is InChI=1S/C16H23ClN2O/c1-2-19(12-14-5-3-4-6-15(14)17)16(20)11-13-7-9-18-10-8-13/h3-6,13,18H,2,7-12H2,1H3. The molecule has 0 spiro atoms. The lowest BCUT2D eigenvalue weighted by Crippen LogP contribution is -2.35. The van der Waals surface area contributed by atoms with E-state index < -0.39 is 0 Å². The highest BCUT2D eigenvalue weighted by Crippen LogP contribution is 2.20. The van der Waals surface area contributed by atoms with Gasteiger partial charge in [-0.1, -0.05) is 29.8 Å². The van der Waals surface area contributed by atoms with Crippen molar-refractivity contribution >= 4 is 17.5 Å². The minimum absolute atomic E-state index is 0.249. The Morgan fingerprint density at radius 2 is 2.05 bits per heavy atom. The Hall–Kier alpha value is -1.06. The summed E-state index contributed by atoms with van der Waals surface area (Å²) in [4.78, 5) is 14.3. The van der Waals surface area contributed by atoms with Crippen molar-refractivity contribution in [2.75, 3.05) is 19.6 Å². The Morgan fingerprint density at radius 1 is 1.35 bits per heavy atom. The quantitative estimate of drug-likeness (QED) is 0.905. The molecule has 1 amide bonds. The molecule has 1 aromatic carbocycles. The third kappa shape index (κ3) is 4.22. The van der Waals surface area contributed by atoms with Gasteiger partial charge in [0.25, 0.3) is 0 Å². The third-order valence-electron chi connectivity index (χ3n) is 3.98. The Kier molecular flexibility index (Phi) is 5.86. The highest BCUT2D eigenvalue weighted by atomic mass is 35.5. The number of nitrogens with zero attached hydrogens (tertiary/aromatic N) is 1. The first kappa shape index (κ1) is 15.3. The molecule has 0 aromatic heterocycles. The van der Waals surface area contributed by atoms with Crippen molar-refractivity contribution in [1.29, 1.82) is 0 Å². The van der Waals surface area contributed by atoms with Crippen molar-refractivity contribution in [1.82, 2.24) is 10.2 Å². The monoisotopic (exact) mass is 294 g/mol. The van der Waals surface area contributed by atoms with Gasteiger partial charge in [-0.2, -0.15) is 0 Å². The van der Waals surface area contributed by atoms with Crippen molar-refractivity contribution in [2.45, 2.75) is 32.7 Å². The molecule has 0 bridgehead atoms. The maximum Gasteiger partial charge on any atom is 0.223 e. The fourth-order valence-electron chi connectivity index (χ4n) is 2.67. The highest BCUT2D eigenvalue weighted by molar-refractivity contribution is 6.31. The van der Waals surface area contributed by atoms with Gasteiger partial charge >= 0.3 is 0 Å². The van der Waals surface area contributed by atoms with E-state index in [-0.39, 0.29) is 5.91 Å². The molecule has 0 radical (unpaired) electrons. The minimum atomic E-state index is 0.249. The number of piperidine rings is 1. The van der Waals surface area contributed by atoms with Crippen LogP contribution >= 0.6 is 11.6 Å². The fourth-order valence-corrected chi connectivity index (χ4v) is 2.87. The first-order valence-corrected chi connectivity index (χ1v) is 7.80. The molecule has 0 atom stereocenters. The van der Waals surface area contributed by atoms with Crippen LogP contribution in [0.4, 0.5) is 0 Å². The number of rotatable bonds is 5. The molecule has 20 heavy (non-hydrogen) atoms. The molecule has 0 saturated carbocycles. The molecule has 1 aliphatic rings. The number of hydrogen-bond acceptors (Lipinski definition) is 2. The average molecular weight is 295 g/mol. The molecule has 3 nitrogen and oxygen atoms in total. The van der Waals surface area contributed by atoms with Crippen LogP contribution in [0.25, 0.3) is 0 Å². The first-order chi connectivity index (χ1) is 9.70. The van der Waals surface area contributed by atoms with Crippen LogP contribution in [-0.2, 0) is 11.3 Å². The van der Waals surface area contributed by atoms with Gasteiger partial charge in [0, 0.05) is 24.5 Å². The second-order valence-corrected chi connectivity index (χ2v) is 5.80. The Labute approximate surface area is 126 Å². The van der Waals surface area contributed by atoms with Gasteiger partial charge in [0.2, 0.25) is 5.91 Å². The van der Waals surface area contributed by atoms with Crippen LogP contribution in [-0.4, -0.2) is 30.4 Å². The second kappa shape index (κ2) is 7.65. The minimum Gasteiger partial charge on any atom is -0.339 e. The van der Waals surface area contributed by atoms with Crippen molar-refractivity contribution in [2.24, 2.45) is 5.92 Å². The number of halogens is 1. The second-order valence-electron chi connectivity index (χ2n) is 5.40. The summed E-state index contributed by atoms with van der Waals surface area (Å²) in [7, 11) is 0. The van der Waals surface area contributed by atoms with Gasteiger partial charge in [-0.25, -0.2) is 0 Å². The van der Waals surface area contributed by atoms with Crippen LogP contribution in [0.15, 0.2) is 24.3 Å². The number of nitrogens with one attached hydrogen (secondary N) is 1. The van der Waals surface area contributed by atoms with Gasteiger partial charge in [0.05, 0.1) is 0 Å². The van der Waals surface area contributed by atoms with Crippen molar-refractivity contribution in [3.63, 3.8) is 0 Å². The van der Waals surface area contributed by atoms with Crippen LogP contribution in [0.2, 0.25) is 5.02 Å².